The quantitative estimate of drug-likeness (QED) is 0.785. The number of hydrogen-bond donors (Lipinski definition) is 1. The minimum atomic E-state index is -0.300. The van der Waals surface area contributed by atoms with Gasteiger partial charge in [0, 0.05) is 5.41 Å². The highest BCUT2D eigenvalue weighted by molar-refractivity contribution is 6.05. The van der Waals surface area contributed by atoms with Gasteiger partial charge in [0.15, 0.2) is 5.78 Å². The fraction of sp³-hybridized carbons (Fsp3) is 0.706. The van der Waals surface area contributed by atoms with Crippen LogP contribution in [0.4, 0.5) is 0 Å². The Bertz CT molecular complexity index is 419. The zero-order valence-electron chi connectivity index (χ0n) is 12.4. The molecule has 0 aromatic carbocycles. The smallest absolute Gasteiger partial charge is 0.181 e. The fourth-order valence-electron chi connectivity index (χ4n) is 3.53. The molecule has 1 fully saturated rings. The van der Waals surface area contributed by atoms with Crippen molar-refractivity contribution in [3.63, 3.8) is 0 Å². The number of hydrogen-bond acceptors (Lipinski definition) is 2. The third-order valence-electron chi connectivity index (χ3n) is 4.80. The number of allylic oxidation sites excluding steroid dienone is 3. The van der Waals surface area contributed by atoms with Crippen LogP contribution in [0.2, 0.25) is 0 Å². The third-order valence-corrected chi connectivity index (χ3v) is 4.80. The molecule has 0 saturated heterocycles. The highest BCUT2D eigenvalue weighted by Gasteiger charge is 2.43. The molecule has 2 rings (SSSR count). The summed E-state index contributed by atoms with van der Waals surface area (Å²) in [6.45, 7) is 6.46. The Morgan fingerprint density at radius 1 is 1.58 bits per heavy atom. The summed E-state index contributed by atoms with van der Waals surface area (Å²) in [5.74, 6) is 0.618. The molecule has 2 heteroatoms. The Morgan fingerprint density at radius 3 is 3.00 bits per heavy atom. The molecule has 0 radical (unpaired) electrons. The molecule has 0 aromatic heterocycles. The van der Waals surface area contributed by atoms with Crippen LogP contribution in [0.3, 0.4) is 0 Å². The number of rotatable bonds is 3. The first-order chi connectivity index (χ1) is 8.97. The van der Waals surface area contributed by atoms with Crippen LogP contribution in [0.5, 0.6) is 0 Å². The summed E-state index contributed by atoms with van der Waals surface area (Å²) in [6, 6.07) is 0. The van der Waals surface area contributed by atoms with E-state index in [0.717, 1.165) is 43.3 Å². The lowest BCUT2D eigenvalue weighted by Gasteiger charge is -2.43. The van der Waals surface area contributed by atoms with Gasteiger partial charge in [-0.2, -0.15) is 0 Å². The summed E-state index contributed by atoms with van der Waals surface area (Å²) in [5, 5.41) is 10.3. The van der Waals surface area contributed by atoms with Crippen LogP contribution in [0.25, 0.3) is 0 Å². The van der Waals surface area contributed by atoms with Crippen molar-refractivity contribution in [2.75, 3.05) is 0 Å². The molecule has 0 aromatic rings. The second-order valence-electron chi connectivity index (χ2n) is 6.49. The molecule has 2 aliphatic rings. The van der Waals surface area contributed by atoms with Crippen molar-refractivity contribution in [1.29, 1.82) is 0 Å². The highest BCUT2D eigenvalue weighted by atomic mass is 16.3. The van der Waals surface area contributed by atoms with Gasteiger partial charge in [0.2, 0.25) is 0 Å². The van der Waals surface area contributed by atoms with Gasteiger partial charge >= 0.3 is 0 Å². The van der Waals surface area contributed by atoms with Crippen LogP contribution in [0.15, 0.2) is 23.3 Å². The van der Waals surface area contributed by atoms with Gasteiger partial charge in [-0.3, -0.25) is 4.79 Å². The van der Waals surface area contributed by atoms with E-state index in [4.69, 9.17) is 0 Å². The molecular weight excluding hydrogens is 236 g/mol. The van der Waals surface area contributed by atoms with E-state index in [1.165, 1.54) is 0 Å². The van der Waals surface area contributed by atoms with Gasteiger partial charge in [-0.1, -0.05) is 38.8 Å². The zero-order chi connectivity index (χ0) is 14.0. The minimum absolute atomic E-state index is 0.171. The van der Waals surface area contributed by atoms with Crippen LogP contribution >= 0.6 is 0 Å². The molecule has 0 spiro atoms. The maximum Gasteiger partial charge on any atom is 0.181 e. The Kier molecular flexibility index (Phi) is 4.29. The summed E-state index contributed by atoms with van der Waals surface area (Å²) in [7, 11) is 0. The number of carbonyl (C=O) groups is 1. The van der Waals surface area contributed by atoms with E-state index >= 15 is 0 Å². The highest BCUT2D eigenvalue weighted by Crippen LogP contribution is 2.48. The zero-order valence-corrected chi connectivity index (χ0v) is 12.4. The Hall–Kier alpha value is -0.890. The molecule has 0 bridgehead atoms. The van der Waals surface area contributed by atoms with Crippen molar-refractivity contribution in [2.45, 2.75) is 65.4 Å². The van der Waals surface area contributed by atoms with Gasteiger partial charge in [0.1, 0.15) is 0 Å². The number of aliphatic hydroxyl groups is 1. The van der Waals surface area contributed by atoms with E-state index in [1.54, 1.807) is 6.08 Å². The SMILES string of the molecule is CCCC(C)/C=C1/C[C@@]2(C)C(=CC1=O)CCC[C@@H]2O. The molecule has 3 atom stereocenters. The monoisotopic (exact) mass is 262 g/mol. The van der Waals surface area contributed by atoms with Gasteiger partial charge in [0.05, 0.1) is 6.10 Å². The standard InChI is InChI=1S/C17H26O2/c1-4-6-12(2)9-13-11-17(3)14(10-15(13)18)7-5-8-16(17)19/h9-10,12,16,19H,4-8,11H2,1-3H3/b13-9-/t12?,16-,17-/m0/s1. The van der Waals surface area contributed by atoms with Crippen molar-refractivity contribution in [3.05, 3.63) is 23.3 Å². The van der Waals surface area contributed by atoms with E-state index in [0.29, 0.717) is 12.3 Å². The topological polar surface area (TPSA) is 37.3 Å². The summed E-state index contributed by atoms with van der Waals surface area (Å²) < 4.78 is 0. The summed E-state index contributed by atoms with van der Waals surface area (Å²) in [6.07, 6.45) is 9.44. The number of carbonyl (C=O) groups excluding carboxylic acids is 1. The first-order valence-electron chi connectivity index (χ1n) is 7.61. The average Bonchev–Trinajstić information content (AvgIpc) is 2.34. The Morgan fingerprint density at radius 2 is 2.32 bits per heavy atom. The van der Waals surface area contributed by atoms with Crippen molar-refractivity contribution < 1.29 is 9.90 Å². The molecule has 1 unspecified atom stereocenters. The summed E-state index contributed by atoms with van der Waals surface area (Å²) in [4.78, 5) is 12.2. The molecule has 0 aliphatic heterocycles. The summed E-state index contributed by atoms with van der Waals surface area (Å²) >= 11 is 0. The normalized spacial score (nSPS) is 34.9. The van der Waals surface area contributed by atoms with Crippen LogP contribution in [0, 0.1) is 11.3 Å². The Balaban J connectivity index is 2.27. The lowest BCUT2D eigenvalue weighted by Crippen LogP contribution is -2.41. The molecule has 2 nitrogen and oxygen atoms in total. The minimum Gasteiger partial charge on any atom is -0.392 e. The van der Waals surface area contributed by atoms with Crippen molar-refractivity contribution >= 4 is 5.78 Å². The average molecular weight is 262 g/mol. The molecule has 1 N–H and O–H groups in total. The first-order valence-corrected chi connectivity index (χ1v) is 7.61. The molecular formula is C17H26O2. The molecule has 106 valence electrons. The molecule has 2 aliphatic carbocycles. The molecule has 19 heavy (non-hydrogen) atoms. The van der Waals surface area contributed by atoms with Gasteiger partial charge in [-0.05, 0) is 49.7 Å². The van der Waals surface area contributed by atoms with E-state index in [1.807, 2.05) is 0 Å². The maximum absolute atomic E-state index is 12.2. The van der Waals surface area contributed by atoms with Gasteiger partial charge in [0.25, 0.3) is 0 Å². The van der Waals surface area contributed by atoms with Crippen molar-refractivity contribution in [1.82, 2.24) is 0 Å². The lowest BCUT2D eigenvalue weighted by molar-refractivity contribution is -0.112. The van der Waals surface area contributed by atoms with Crippen LogP contribution in [0.1, 0.15) is 59.3 Å². The second-order valence-corrected chi connectivity index (χ2v) is 6.49. The maximum atomic E-state index is 12.2. The van der Waals surface area contributed by atoms with Crippen molar-refractivity contribution in [2.24, 2.45) is 11.3 Å². The number of aliphatic hydroxyl groups excluding tert-OH is 1. The van der Waals surface area contributed by atoms with Gasteiger partial charge in [-0.15, -0.1) is 0 Å². The van der Waals surface area contributed by atoms with Crippen LogP contribution in [-0.2, 0) is 4.79 Å². The number of ketones is 1. The van der Waals surface area contributed by atoms with Crippen LogP contribution < -0.4 is 0 Å². The van der Waals surface area contributed by atoms with Gasteiger partial charge in [-0.25, -0.2) is 0 Å². The summed E-state index contributed by atoms with van der Waals surface area (Å²) in [5.41, 5.74) is 1.87. The third kappa shape index (κ3) is 2.84. The van der Waals surface area contributed by atoms with E-state index < -0.39 is 0 Å². The molecule has 0 heterocycles. The first kappa shape index (κ1) is 14.5. The fourth-order valence-corrected chi connectivity index (χ4v) is 3.53. The van der Waals surface area contributed by atoms with Crippen molar-refractivity contribution in [3.8, 4) is 0 Å². The predicted octanol–water partition coefficient (Wildman–Crippen LogP) is 3.80. The second kappa shape index (κ2) is 5.62. The largest absolute Gasteiger partial charge is 0.392 e. The van der Waals surface area contributed by atoms with Gasteiger partial charge < -0.3 is 5.11 Å². The van der Waals surface area contributed by atoms with E-state index in [2.05, 4.69) is 26.8 Å². The van der Waals surface area contributed by atoms with Crippen LogP contribution in [-0.4, -0.2) is 17.0 Å². The predicted molar refractivity (Wildman–Crippen MR) is 77.8 cm³/mol. The van der Waals surface area contributed by atoms with E-state index in [-0.39, 0.29) is 17.3 Å². The molecule has 1 saturated carbocycles. The lowest BCUT2D eigenvalue weighted by atomic mass is 9.63. The van der Waals surface area contributed by atoms with E-state index in [9.17, 15) is 9.90 Å². The Labute approximate surface area is 116 Å². The number of fused-ring (bicyclic) bond motifs is 1. The molecule has 0 amide bonds.